The Hall–Kier alpha value is -1.82. The maximum Gasteiger partial charge on any atom is 0.449 e. The van der Waals surface area contributed by atoms with E-state index < -0.39 is 17.4 Å². The van der Waals surface area contributed by atoms with Crippen molar-refractivity contribution in [2.24, 2.45) is 0 Å². The summed E-state index contributed by atoms with van der Waals surface area (Å²) in [7, 11) is 0. The van der Waals surface area contributed by atoms with E-state index in [9.17, 15) is 18.0 Å². The van der Waals surface area contributed by atoms with Gasteiger partial charge < -0.3 is 10.2 Å². The number of rotatable bonds is 0. The third-order valence-corrected chi connectivity index (χ3v) is 2.07. The molecule has 0 saturated carbocycles. The van der Waals surface area contributed by atoms with Crippen LogP contribution in [0.1, 0.15) is 5.76 Å². The van der Waals surface area contributed by atoms with Gasteiger partial charge in [-0.25, -0.2) is 0 Å². The van der Waals surface area contributed by atoms with Crippen molar-refractivity contribution in [2.45, 2.75) is 6.18 Å². The highest BCUT2D eigenvalue weighted by atomic mass is 19.4. The van der Waals surface area contributed by atoms with Crippen LogP contribution in [0.25, 0.3) is 11.0 Å². The largest absolute Gasteiger partial charge is 0.451 e. The Balaban J connectivity index is 2.79. The van der Waals surface area contributed by atoms with Crippen LogP contribution in [0.3, 0.4) is 0 Å². The van der Waals surface area contributed by atoms with E-state index in [0.717, 1.165) is 0 Å². The van der Waals surface area contributed by atoms with Crippen LogP contribution < -0.4 is 11.2 Å². The molecular weight excluding hydrogens is 223 g/mol. The van der Waals surface area contributed by atoms with Crippen molar-refractivity contribution in [3.63, 3.8) is 0 Å². The molecule has 84 valence electrons. The number of fused-ring (bicyclic) bond motifs is 1. The minimum Gasteiger partial charge on any atom is -0.451 e. The predicted octanol–water partition coefficient (Wildman–Crippen LogP) is 1.69. The molecule has 1 aromatic carbocycles. The SMILES string of the molecule is [NH3+]c1ccc2oc(C(F)(F)F)cc(=O)c2c1. The fraction of sp³-hybridized carbons (Fsp3) is 0.100. The first-order valence-corrected chi connectivity index (χ1v) is 4.35. The maximum absolute atomic E-state index is 12.3. The zero-order valence-electron chi connectivity index (χ0n) is 7.97. The number of halogens is 3. The van der Waals surface area contributed by atoms with Crippen molar-refractivity contribution in [2.75, 3.05) is 0 Å². The summed E-state index contributed by atoms with van der Waals surface area (Å²) < 4.78 is 41.6. The van der Waals surface area contributed by atoms with Crippen LogP contribution >= 0.6 is 0 Å². The van der Waals surface area contributed by atoms with Gasteiger partial charge in [0.05, 0.1) is 5.39 Å². The van der Waals surface area contributed by atoms with Crippen molar-refractivity contribution in [3.8, 4) is 0 Å². The third-order valence-electron chi connectivity index (χ3n) is 2.07. The molecule has 0 aliphatic rings. The Bertz CT molecular complexity index is 601. The lowest BCUT2D eigenvalue weighted by Gasteiger charge is -2.05. The monoisotopic (exact) mass is 230 g/mol. The number of hydrogen-bond donors (Lipinski definition) is 1. The minimum absolute atomic E-state index is 0.0905. The van der Waals surface area contributed by atoms with Gasteiger partial charge in [0.25, 0.3) is 0 Å². The standard InChI is InChI=1S/C10H6F3NO2/c11-10(12,13)9-4-7(15)6-3-5(14)1-2-8(6)16-9/h1-4H,14H2/p+1. The molecule has 0 atom stereocenters. The highest BCUT2D eigenvalue weighted by Crippen LogP contribution is 2.30. The molecule has 1 aromatic heterocycles. The molecule has 0 spiro atoms. The number of benzene rings is 1. The first kappa shape index (κ1) is 10.7. The van der Waals surface area contributed by atoms with Gasteiger partial charge in [0.1, 0.15) is 11.3 Å². The smallest absolute Gasteiger partial charge is 0.449 e. The lowest BCUT2D eigenvalue weighted by molar-refractivity contribution is -0.254. The van der Waals surface area contributed by atoms with E-state index in [-0.39, 0.29) is 11.0 Å². The lowest BCUT2D eigenvalue weighted by Crippen LogP contribution is -2.40. The van der Waals surface area contributed by atoms with Gasteiger partial charge in [0, 0.05) is 18.2 Å². The Labute approximate surface area is 87.3 Å². The quantitative estimate of drug-likeness (QED) is 0.748. The number of quaternary nitrogens is 1. The summed E-state index contributed by atoms with van der Waals surface area (Å²) in [6.45, 7) is 0. The van der Waals surface area contributed by atoms with Crippen LogP contribution in [0.4, 0.5) is 18.9 Å². The van der Waals surface area contributed by atoms with E-state index in [1.165, 1.54) is 18.2 Å². The van der Waals surface area contributed by atoms with E-state index in [0.29, 0.717) is 11.8 Å². The molecule has 16 heavy (non-hydrogen) atoms. The first-order valence-electron chi connectivity index (χ1n) is 4.35. The van der Waals surface area contributed by atoms with Crippen LogP contribution in [0.2, 0.25) is 0 Å². The molecule has 0 aliphatic heterocycles. The van der Waals surface area contributed by atoms with E-state index in [2.05, 4.69) is 10.2 Å². The molecule has 0 unspecified atom stereocenters. The molecule has 0 fully saturated rings. The molecule has 3 nitrogen and oxygen atoms in total. The highest BCUT2D eigenvalue weighted by molar-refractivity contribution is 5.78. The Morgan fingerprint density at radius 3 is 2.50 bits per heavy atom. The Morgan fingerprint density at radius 1 is 1.19 bits per heavy atom. The van der Waals surface area contributed by atoms with Crippen molar-refractivity contribution >= 4 is 16.7 Å². The van der Waals surface area contributed by atoms with Crippen LogP contribution in [0.15, 0.2) is 33.5 Å². The number of hydrogen-bond acceptors (Lipinski definition) is 2. The topological polar surface area (TPSA) is 57.9 Å². The third kappa shape index (κ3) is 1.79. The molecule has 2 rings (SSSR count). The molecule has 1 heterocycles. The van der Waals surface area contributed by atoms with Crippen molar-refractivity contribution in [3.05, 3.63) is 40.2 Å². The second kappa shape index (κ2) is 3.34. The van der Waals surface area contributed by atoms with Gasteiger partial charge in [0.2, 0.25) is 5.76 Å². The van der Waals surface area contributed by atoms with Crippen molar-refractivity contribution in [1.82, 2.24) is 0 Å². The van der Waals surface area contributed by atoms with Gasteiger partial charge in [-0.1, -0.05) is 0 Å². The van der Waals surface area contributed by atoms with Gasteiger partial charge in [-0.2, -0.15) is 13.2 Å². The Morgan fingerprint density at radius 2 is 1.88 bits per heavy atom. The van der Waals surface area contributed by atoms with E-state index in [1.807, 2.05) is 0 Å². The maximum atomic E-state index is 12.3. The minimum atomic E-state index is -4.66. The second-order valence-corrected chi connectivity index (χ2v) is 3.30. The van der Waals surface area contributed by atoms with Gasteiger partial charge >= 0.3 is 6.18 Å². The van der Waals surface area contributed by atoms with E-state index in [4.69, 9.17) is 0 Å². The normalized spacial score (nSPS) is 12.0. The van der Waals surface area contributed by atoms with Crippen LogP contribution in [0, 0.1) is 0 Å². The van der Waals surface area contributed by atoms with E-state index >= 15 is 0 Å². The molecule has 0 bridgehead atoms. The van der Waals surface area contributed by atoms with E-state index in [1.54, 1.807) is 0 Å². The summed E-state index contributed by atoms with van der Waals surface area (Å²) in [5, 5.41) is 0.0977. The molecule has 2 aromatic rings. The molecule has 0 radical (unpaired) electrons. The molecule has 0 amide bonds. The van der Waals surface area contributed by atoms with Gasteiger partial charge in [-0.15, -0.1) is 0 Å². The molecular formula is C10H7F3NO2+. The summed E-state index contributed by atoms with van der Waals surface area (Å²) in [5.41, 5.74) is 3.31. The van der Waals surface area contributed by atoms with Crippen LogP contribution in [-0.2, 0) is 6.18 Å². The van der Waals surface area contributed by atoms with Gasteiger partial charge in [0.15, 0.2) is 5.43 Å². The van der Waals surface area contributed by atoms with Crippen LogP contribution in [-0.4, -0.2) is 0 Å². The average molecular weight is 230 g/mol. The summed E-state index contributed by atoms with van der Waals surface area (Å²) >= 11 is 0. The summed E-state index contributed by atoms with van der Waals surface area (Å²) in [6, 6.07) is 4.61. The van der Waals surface area contributed by atoms with Gasteiger partial charge in [-0.3, -0.25) is 4.79 Å². The average Bonchev–Trinajstić information content (AvgIpc) is 2.17. The van der Waals surface area contributed by atoms with Crippen molar-refractivity contribution in [1.29, 1.82) is 0 Å². The molecule has 0 saturated heterocycles. The fourth-order valence-corrected chi connectivity index (χ4v) is 1.34. The van der Waals surface area contributed by atoms with Crippen LogP contribution in [0.5, 0.6) is 0 Å². The molecule has 6 heteroatoms. The first-order chi connectivity index (χ1) is 7.38. The second-order valence-electron chi connectivity index (χ2n) is 3.30. The number of alkyl halides is 3. The summed E-state index contributed by atoms with van der Waals surface area (Å²) in [5.74, 6) is -1.29. The zero-order chi connectivity index (χ0) is 11.9. The summed E-state index contributed by atoms with van der Waals surface area (Å²) in [6.07, 6.45) is -4.66. The fourth-order valence-electron chi connectivity index (χ4n) is 1.34. The van der Waals surface area contributed by atoms with Crippen molar-refractivity contribution < 1.29 is 23.3 Å². The predicted molar refractivity (Wildman–Crippen MR) is 50.0 cm³/mol. The lowest BCUT2D eigenvalue weighted by atomic mass is 10.2. The highest BCUT2D eigenvalue weighted by Gasteiger charge is 2.34. The molecule has 3 N–H and O–H groups in total. The Kier molecular flexibility index (Phi) is 2.23. The molecule has 0 aliphatic carbocycles. The zero-order valence-corrected chi connectivity index (χ0v) is 7.97. The summed E-state index contributed by atoms with van der Waals surface area (Å²) in [4.78, 5) is 11.4. The van der Waals surface area contributed by atoms with Gasteiger partial charge in [-0.05, 0) is 6.07 Å².